The third-order valence-corrected chi connectivity index (χ3v) is 4.97. The molecule has 140 valence electrons. The number of likely N-dealkylation sites (N-methyl/N-ethyl adjacent to an activating group) is 1. The van der Waals surface area contributed by atoms with Gasteiger partial charge in [0, 0.05) is 31.9 Å². The molecule has 0 saturated heterocycles. The SMILES string of the molecule is CC1=C(C(=O)N(C)C)[C@@H](c2ccccc2F)NC(=S)N1Cc1ccccc1. The quantitative estimate of drug-likeness (QED) is 0.818. The van der Waals surface area contributed by atoms with Crippen LogP contribution in [-0.4, -0.2) is 34.9 Å². The lowest BCUT2D eigenvalue weighted by molar-refractivity contribution is -0.125. The van der Waals surface area contributed by atoms with E-state index >= 15 is 0 Å². The van der Waals surface area contributed by atoms with E-state index in [1.165, 1.54) is 11.0 Å². The van der Waals surface area contributed by atoms with E-state index in [2.05, 4.69) is 5.32 Å². The molecule has 0 fully saturated rings. The molecule has 1 aliphatic heterocycles. The molecule has 0 aliphatic carbocycles. The summed E-state index contributed by atoms with van der Waals surface area (Å²) in [6.45, 7) is 2.40. The number of halogens is 1. The van der Waals surface area contributed by atoms with Crippen molar-refractivity contribution in [3.63, 3.8) is 0 Å². The second-order valence-electron chi connectivity index (χ2n) is 6.67. The molecule has 1 amide bonds. The fourth-order valence-electron chi connectivity index (χ4n) is 3.20. The van der Waals surface area contributed by atoms with Gasteiger partial charge in [0.15, 0.2) is 5.11 Å². The second kappa shape index (κ2) is 7.88. The van der Waals surface area contributed by atoms with Crippen LogP contribution >= 0.6 is 12.2 Å². The van der Waals surface area contributed by atoms with Gasteiger partial charge in [0.05, 0.1) is 11.6 Å². The molecular formula is C21H22FN3OS. The largest absolute Gasteiger partial charge is 0.351 e. The Morgan fingerprint density at radius 3 is 2.41 bits per heavy atom. The number of carbonyl (C=O) groups is 1. The summed E-state index contributed by atoms with van der Waals surface area (Å²) in [6, 6.07) is 15.7. The van der Waals surface area contributed by atoms with Gasteiger partial charge in [-0.1, -0.05) is 48.5 Å². The van der Waals surface area contributed by atoms with Crippen molar-refractivity contribution in [2.24, 2.45) is 0 Å². The summed E-state index contributed by atoms with van der Waals surface area (Å²) in [5.74, 6) is -0.542. The first-order valence-corrected chi connectivity index (χ1v) is 9.09. The van der Waals surface area contributed by atoms with E-state index < -0.39 is 6.04 Å². The van der Waals surface area contributed by atoms with Crippen molar-refractivity contribution in [3.8, 4) is 0 Å². The highest BCUT2D eigenvalue weighted by Crippen LogP contribution is 2.33. The smallest absolute Gasteiger partial charge is 0.253 e. The van der Waals surface area contributed by atoms with Crippen LogP contribution in [0.15, 0.2) is 65.9 Å². The molecule has 2 aromatic rings. The number of thiocarbonyl (C=S) groups is 1. The molecule has 0 bridgehead atoms. The van der Waals surface area contributed by atoms with Crippen LogP contribution in [0.4, 0.5) is 4.39 Å². The van der Waals surface area contributed by atoms with Gasteiger partial charge in [-0.3, -0.25) is 4.79 Å². The second-order valence-corrected chi connectivity index (χ2v) is 7.06. The minimum atomic E-state index is -0.624. The van der Waals surface area contributed by atoms with E-state index in [0.717, 1.165) is 11.3 Å². The Kier molecular flexibility index (Phi) is 5.56. The summed E-state index contributed by atoms with van der Waals surface area (Å²) < 4.78 is 14.5. The summed E-state index contributed by atoms with van der Waals surface area (Å²) in [4.78, 5) is 16.3. The van der Waals surface area contributed by atoms with E-state index in [-0.39, 0.29) is 11.7 Å². The van der Waals surface area contributed by atoms with Crippen molar-refractivity contribution in [1.82, 2.24) is 15.1 Å². The minimum Gasteiger partial charge on any atom is -0.351 e. The third-order valence-electron chi connectivity index (χ3n) is 4.63. The number of carbonyl (C=O) groups excluding carboxylic acids is 1. The average molecular weight is 383 g/mol. The molecule has 0 aromatic heterocycles. The van der Waals surface area contributed by atoms with Crippen LogP contribution in [0.1, 0.15) is 24.1 Å². The monoisotopic (exact) mass is 383 g/mol. The van der Waals surface area contributed by atoms with Gasteiger partial charge in [-0.2, -0.15) is 0 Å². The molecule has 6 heteroatoms. The molecule has 0 unspecified atom stereocenters. The lowest BCUT2D eigenvalue weighted by Gasteiger charge is -2.38. The number of nitrogens with one attached hydrogen (secondary N) is 1. The Morgan fingerprint density at radius 1 is 1.15 bits per heavy atom. The molecule has 0 saturated carbocycles. The first-order chi connectivity index (χ1) is 12.9. The summed E-state index contributed by atoms with van der Waals surface area (Å²) >= 11 is 5.56. The van der Waals surface area contributed by atoms with Crippen LogP contribution in [0.2, 0.25) is 0 Å². The lowest BCUT2D eigenvalue weighted by Crippen LogP contribution is -2.48. The summed E-state index contributed by atoms with van der Waals surface area (Å²) in [5, 5.41) is 3.64. The van der Waals surface area contributed by atoms with E-state index in [0.29, 0.717) is 22.8 Å². The first kappa shape index (κ1) is 19.0. The van der Waals surface area contributed by atoms with Gasteiger partial charge in [0.1, 0.15) is 5.82 Å². The normalized spacial score (nSPS) is 17.0. The summed E-state index contributed by atoms with van der Waals surface area (Å²) in [7, 11) is 3.38. The van der Waals surface area contributed by atoms with Gasteiger partial charge >= 0.3 is 0 Å². The van der Waals surface area contributed by atoms with Crippen LogP contribution in [-0.2, 0) is 11.3 Å². The number of allylic oxidation sites excluding steroid dienone is 1. The van der Waals surface area contributed by atoms with Crippen LogP contribution in [0.5, 0.6) is 0 Å². The van der Waals surface area contributed by atoms with Crippen LogP contribution in [0.25, 0.3) is 0 Å². The summed E-state index contributed by atoms with van der Waals surface area (Å²) in [5.41, 5.74) is 2.70. The molecule has 3 rings (SSSR count). The third kappa shape index (κ3) is 3.85. The zero-order valence-electron chi connectivity index (χ0n) is 15.6. The van der Waals surface area contributed by atoms with Gasteiger partial charge in [-0.05, 0) is 30.8 Å². The van der Waals surface area contributed by atoms with Gasteiger partial charge in [-0.25, -0.2) is 4.39 Å². The maximum absolute atomic E-state index is 14.5. The van der Waals surface area contributed by atoms with Gasteiger partial charge in [0.25, 0.3) is 5.91 Å². The molecular weight excluding hydrogens is 361 g/mol. The van der Waals surface area contributed by atoms with Crippen LogP contribution in [0, 0.1) is 5.82 Å². The highest BCUT2D eigenvalue weighted by atomic mass is 32.1. The molecule has 1 heterocycles. The molecule has 1 N–H and O–H groups in total. The highest BCUT2D eigenvalue weighted by Gasteiger charge is 2.35. The van der Waals surface area contributed by atoms with Crippen LogP contribution in [0.3, 0.4) is 0 Å². The highest BCUT2D eigenvalue weighted by molar-refractivity contribution is 7.80. The maximum Gasteiger partial charge on any atom is 0.253 e. The lowest BCUT2D eigenvalue weighted by atomic mass is 9.93. The zero-order chi connectivity index (χ0) is 19.6. The van der Waals surface area contributed by atoms with Crippen molar-refractivity contribution >= 4 is 23.2 Å². The fraction of sp³-hybridized carbons (Fsp3) is 0.238. The van der Waals surface area contributed by atoms with E-state index in [4.69, 9.17) is 12.2 Å². The number of hydrogen-bond acceptors (Lipinski definition) is 2. The molecule has 4 nitrogen and oxygen atoms in total. The predicted molar refractivity (Wildman–Crippen MR) is 108 cm³/mol. The Balaban J connectivity index is 2.08. The van der Waals surface area contributed by atoms with Gasteiger partial charge in [-0.15, -0.1) is 0 Å². The standard InChI is InChI=1S/C21H22FN3OS/c1-14-18(20(26)24(2)3)19(16-11-7-8-12-17(16)22)23-21(27)25(14)13-15-9-5-4-6-10-15/h4-12,19H,13H2,1-3H3,(H,23,27)/t19-/m1/s1. The number of rotatable bonds is 4. The topological polar surface area (TPSA) is 35.6 Å². The molecule has 2 aromatic carbocycles. The van der Waals surface area contributed by atoms with Gasteiger partial charge < -0.3 is 15.1 Å². The number of nitrogens with zero attached hydrogens (tertiary/aromatic N) is 2. The van der Waals surface area contributed by atoms with Gasteiger partial charge in [0.2, 0.25) is 0 Å². The van der Waals surface area contributed by atoms with E-state index in [1.807, 2.05) is 42.2 Å². The average Bonchev–Trinajstić information content (AvgIpc) is 2.65. The maximum atomic E-state index is 14.5. The van der Waals surface area contributed by atoms with Crippen LogP contribution < -0.4 is 5.32 Å². The number of hydrogen-bond donors (Lipinski definition) is 1. The Hall–Kier alpha value is -2.73. The van der Waals surface area contributed by atoms with Crippen molar-refractivity contribution in [2.45, 2.75) is 19.5 Å². The minimum absolute atomic E-state index is 0.172. The number of amides is 1. The predicted octanol–water partition coefficient (Wildman–Crippen LogP) is 3.62. The molecule has 1 aliphatic rings. The van der Waals surface area contributed by atoms with Crippen molar-refractivity contribution in [2.75, 3.05) is 14.1 Å². The Morgan fingerprint density at radius 2 is 1.78 bits per heavy atom. The molecule has 1 atom stereocenters. The van der Waals surface area contributed by atoms with E-state index in [1.54, 1.807) is 32.3 Å². The van der Waals surface area contributed by atoms with E-state index in [9.17, 15) is 9.18 Å². The summed E-state index contributed by atoms with van der Waals surface area (Å²) in [6.07, 6.45) is 0. The van der Waals surface area contributed by atoms with Crippen molar-refractivity contribution < 1.29 is 9.18 Å². The fourth-order valence-corrected chi connectivity index (χ4v) is 3.52. The Labute approximate surface area is 164 Å². The first-order valence-electron chi connectivity index (χ1n) is 8.69. The Bertz CT molecular complexity index is 895. The zero-order valence-corrected chi connectivity index (χ0v) is 16.4. The van der Waals surface area contributed by atoms with Crippen molar-refractivity contribution in [1.29, 1.82) is 0 Å². The number of benzene rings is 2. The van der Waals surface area contributed by atoms with Crippen molar-refractivity contribution in [3.05, 3.63) is 82.8 Å². The molecule has 0 radical (unpaired) electrons. The molecule has 27 heavy (non-hydrogen) atoms. The molecule has 0 spiro atoms.